The third kappa shape index (κ3) is 2.44. The van der Waals surface area contributed by atoms with Crippen molar-refractivity contribution in [3.05, 3.63) is 58.6 Å². The Kier molecular flexibility index (Phi) is 3.39. The minimum atomic E-state index is 0.745. The first-order valence-corrected chi connectivity index (χ1v) is 7.40. The first kappa shape index (κ1) is 11.8. The zero-order chi connectivity index (χ0) is 12.4. The van der Waals surface area contributed by atoms with E-state index in [0.29, 0.717) is 0 Å². The smallest absolute Gasteiger partial charge is 0.133 e. The van der Waals surface area contributed by atoms with Crippen LogP contribution in [0.5, 0.6) is 0 Å². The third-order valence-corrected chi connectivity index (χ3v) is 4.15. The molecular formula is C14H11BrN2S. The standard InChI is InChI=1S/C14H11BrN2S/c15-11-7-5-10(6-8-11)14-16-9-18-13-4-2-1-3-12(13)17-14/h1-8H,9H2,(H,16,17). The van der Waals surface area contributed by atoms with Crippen LogP contribution in [-0.4, -0.2) is 11.7 Å². The molecule has 2 aromatic rings. The normalized spacial score (nSPS) is 14.2. The van der Waals surface area contributed by atoms with E-state index in [1.54, 1.807) is 11.8 Å². The molecule has 0 fully saturated rings. The van der Waals surface area contributed by atoms with Crippen molar-refractivity contribution >= 4 is 39.2 Å². The summed E-state index contributed by atoms with van der Waals surface area (Å²) in [5.41, 5.74) is 2.23. The highest BCUT2D eigenvalue weighted by Crippen LogP contribution is 2.30. The Bertz CT molecular complexity index is 593. The number of amidine groups is 1. The molecule has 2 nitrogen and oxygen atoms in total. The van der Waals surface area contributed by atoms with Gasteiger partial charge in [0.25, 0.3) is 0 Å². The molecule has 0 saturated carbocycles. The summed E-state index contributed by atoms with van der Waals surface area (Å²) in [7, 11) is 0. The van der Waals surface area contributed by atoms with Gasteiger partial charge in [-0.15, -0.1) is 11.8 Å². The Labute approximate surface area is 119 Å². The molecule has 2 aromatic carbocycles. The van der Waals surface area contributed by atoms with Crippen LogP contribution in [0.2, 0.25) is 0 Å². The number of nitrogens with one attached hydrogen (secondary N) is 1. The second kappa shape index (κ2) is 5.16. The molecule has 0 radical (unpaired) electrons. The molecule has 1 heterocycles. The van der Waals surface area contributed by atoms with E-state index in [4.69, 9.17) is 0 Å². The van der Waals surface area contributed by atoms with Gasteiger partial charge in [-0.05, 0) is 24.3 Å². The van der Waals surface area contributed by atoms with Crippen molar-refractivity contribution in [2.24, 2.45) is 4.99 Å². The number of benzene rings is 2. The third-order valence-electron chi connectivity index (χ3n) is 2.70. The van der Waals surface area contributed by atoms with Gasteiger partial charge in [0.15, 0.2) is 0 Å². The zero-order valence-corrected chi connectivity index (χ0v) is 12.0. The molecule has 1 aliphatic rings. The maximum atomic E-state index is 4.59. The lowest BCUT2D eigenvalue weighted by atomic mass is 10.2. The molecule has 18 heavy (non-hydrogen) atoms. The summed E-state index contributed by atoms with van der Waals surface area (Å²) in [6, 6.07) is 16.5. The van der Waals surface area contributed by atoms with E-state index in [0.717, 1.165) is 27.4 Å². The first-order chi connectivity index (χ1) is 8.83. The lowest BCUT2D eigenvalue weighted by Gasteiger charge is -2.09. The number of nitrogens with zero attached hydrogens (tertiary/aromatic N) is 1. The summed E-state index contributed by atoms with van der Waals surface area (Å²) in [6.07, 6.45) is 0. The highest BCUT2D eigenvalue weighted by Gasteiger charge is 2.11. The quantitative estimate of drug-likeness (QED) is 0.844. The fourth-order valence-corrected chi connectivity index (χ4v) is 2.85. The second-order valence-electron chi connectivity index (χ2n) is 3.91. The maximum absolute atomic E-state index is 4.59. The SMILES string of the molecule is Brc1ccc(C2=NCSc3ccccc3N2)cc1. The number of hydrogen-bond acceptors (Lipinski definition) is 3. The van der Waals surface area contributed by atoms with Gasteiger partial charge in [0.1, 0.15) is 5.84 Å². The molecule has 0 spiro atoms. The van der Waals surface area contributed by atoms with E-state index < -0.39 is 0 Å². The van der Waals surface area contributed by atoms with Crippen LogP contribution in [0.3, 0.4) is 0 Å². The van der Waals surface area contributed by atoms with Crippen LogP contribution in [0, 0.1) is 0 Å². The van der Waals surface area contributed by atoms with E-state index >= 15 is 0 Å². The molecule has 1 aliphatic heterocycles. The predicted molar refractivity (Wildman–Crippen MR) is 81.5 cm³/mol. The molecule has 0 saturated heterocycles. The van der Waals surface area contributed by atoms with Crippen molar-refractivity contribution in [1.29, 1.82) is 0 Å². The van der Waals surface area contributed by atoms with Crippen molar-refractivity contribution in [3.8, 4) is 0 Å². The fourth-order valence-electron chi connectivity index (χ4n) is 1.80. The Morgan fingerprint density at radius 3 is 2.67 bits per heavy atom. The van der Waals surface area contributed by atoms with Crippen LogP contribution in [-0.2, 0) is 0 Å². The molecule has 0 unspecified atom stereocenters. The average Bonchev–Trinajstić information content (AvgIpc) is 2.61. The van der Waals surface area contributed by atoms with Crippen molar-refractivity contribution in [2.45, 2.75) is 4.90 Å². The van der Waals surface area contributed by atoms with Gasteiger partial charge in [0.05, 0.1) is 11.6 Å². The Balaban J connectivity index is 1.95. The molecule has 0 aromatic heterocycles. The monoisotopic (exact) mass is 318 g/mol. The minimum Gasteiger partial charge on any atom is -0.339 e. The summed E-state index contributed by atoms with van der Waals surface area (Å²) in [4.78, 5) is 5.83. The van der Waals surface area contributed by atoms with Crippen LogP contribution in [0.4, 0.5) is 5.69 Å². The molecule has 0 atom stereocenters. The topological polar surface area (TPSA) is 24.4 Å². The summed E-state index contributed by atoms with van der Waals surface area (Å²) < 4.78 is 1.08. The molecule has 4 heteroatoms. The van der Waals surface area contributed by atoms with E-state index in [9.17, 15) is 0 Å². The van der Waals surface area contributed by atoms with Gasteiger partial charge in [0, 0.05) is 14.9 Å². The highest BCUT2D eigenvalue weighted by molar-refractivity contribution is 9.10. The number of thioether (sulfide) groups is 1. The van der Waals surface area contributed by atoms with Crippen LogP contribution in [0.1, 0.15) is 5.56 Å². The van der Waals surface area contributed by atoms with Crippen LogP contribution in [0.25, 0.3) is 0 Å². The van der Waals surface area contributed by atoms with Gasteiger partial charge in [-0.3, -0.25) is 4.99 Å². The van der Waals surface area contributed by atoms with E-state index in [1.165, 1.54) is 4.90 Å². The highest BCUT2D eigenvalue weighted by atomic mass is 79.9. The van der Waals surface area contributed by atoms with Crippen molar-refractivity contribution in [1.82, 2.24) is 0 Å². The average molecular weight is 319 g/mol. The number of halogens is 1. The molecule has 0 bridgehead atoms. The summed E-state index contributed by atoms with van der Waals surface area (Å²) >= 11 is 5.20. The Hall–Kier alpha value is -1.26. The number of hydrogen-bond donors (Lipinski definition) is 1. The van der Waals surface area contributed by atoms with Gasteiger partial charge in [-0.2, -0.15) is 0 Å². The number of anilines is 1. The second-order valence-corrected chi connectivity index (χ2v) is 5.81. The molecular weight excluding hydrogens is 308 g/mol. The van der Waals surface area contributed by atoms with Crippen LogP contribution >= 0.6 is 27.7 Å². The molecule has 1 N–H and O–H groups in total. The Morgan fingerprint density at radius 2 is 1.83 bits per heavy atom. The van der Waals surface area contributed by atoms with Gasteiger partial charge >= 0.3 is 0 Å². The van der Waals surface area contributed by atoms with Crippen molar-refractivity contribution in [2.75, 3.05) is 11.2 Å². The largest absolute Gasteiger partial charge is 0.339 e. The van der Waals surface area contributed by atoms with Crippen molar-refractivity contribution in [3.63, 3.8) is 0 Å². The lowest BCUT2D eigenvalue weighted by molar-refractivity contribution is 1.36. The molecule has 0 amide bonds. The van der Waals surface area contributed by atoms with Crippen molar-refractivity contribution < 1.29 is 0 Å². The van der Waals surface area contributed by atoms with Gasteiger partial charge in [-0.25, -0.2) is 0 Å². The lowest BCUT2D eigenvalue weighted by Crippen LogP contribution is -2.13. The zero-order valence-electron chi connectivity index (χ0n) is 9.56. The summed E-state index contributed by atoms with van der Waals surface area (Å²) in [5.74, 6) is 1.68. The minimum absolute atomic E-state index is 0.745. The summed E-state index contributed by atoms with van der Waals surface area (Å²) in [5, 5.41) is 3.41. The van der Waals surface area contributed by atoms with Gasteiger partial charge < -0.3 is 5.32 Å². The molecule has 90 valence electrons. The molecule has 3 rings (SSSR count). The van der Waals surface area contributed by atoms with Gasteiger partial charge in [0.2, 0.25) is 0 Å². The van der Waals surface area contributed by atoms with Gasteiger partial charge in [-0.1, -0.05) is 40.2 Å². The number of fused-ring (bicyclic) bond motifs is 1. The summed E-state index contributed by atoms with van der Waals surface area (Å²) in [6.45, 7) is 0. The number of rotatable bonds is 1. The molecule has 0 aliphatic carbocycles. The van der Waals surface area contributed by atoms with E-state index in [2.05, 4.69) is 56.6 Å². The van der Waals surface area contributed by atoms with Crippen LogP contribution < -0.4 is 5.32 Å². The predicted octanol–water partition coefficient (Wildman–Crippen LogP) is 4.37. The first-order valence-electron chi connectivity index (χ1n) is 5.62. The van der Waals surface area contributed by atoms with E-state index in [1.807, 2.05) is 18.2 Å². The number of para-hydroxylation sites is 1. The number of aliphatic imine (C=N–C) groups is 1. The van der Waals surface area contributed by atoms with Crippen LogP contribution in [0.15, 0.2) is 62.9 Å². The van der Waals surface area contributed by atoms with E-state index in [-0.39, 0.29) is 0 Å². The Morgan fingerprint density at radius 1 is 1.06 bits per heavy atom. The fraction of sp³-hybridized carbons (Fsp3) is 0.0714. The maximum Gasteiger partial charge on any atom is 0.133 e.